The van der Waals surface area contributed by atoms with Gasteiger partial charge in [0.2, 0.25) is 0 Å². The molecular formula is C20H28N2O2. The molecule has 0 bridgehead atoms. The molecule has 2 aliphatic heterocycles. The lowest BCUT2D eigenvalue weighted by molar-refractivity contribution is 0.102. The van der Waals surface area contributed by atoms with Gasteiger partial charge < -0.3 is 14.5 Å². The molecule has 2 aliphatic rings. The molecule has 2 saturated heterocycles. The van der Waals surface area contributed by atoms with Crippen LogP contribution in [0.1, 0.15) is 31.7 Å². The van der Waals surface area contributed by atoms with Crippen molar-refractivity contribution in [2.45, 2.75) is 32.8 Å². The molecule has 0 N–H and O–H groups in total. The average molecular weight is 328 g/mol. The third kappa shape index (κ3) is 3.74. The summed E-state index contributed by atoms with van der Waals surface area (Å²) in [4.78, 5) is 16.7. The van der Waals surface area contributed by atoms with Gasteiger partial charge in [0.15, 0.2) is 0 Å². The third-order valence-corrected chi connectivity index (χ3v) is 5.37. The Balaban J connectivity index is 1.56. The van der Waals surface area contributed by atoms with Crippen molar-refractivity contribution in [1.82, 2.24) is 9.80 Å². The van der Waals surface area contributed by atoms with Crippen LogP contribution in [0.5, 0.6) is 0 Å². The molecule has 0 radical (unpaired) electrons. The highest BCUT2D eigenvalue weighted by Crippen LogP contribution is 2.34. The molecule has 4 heteroatoms. The van der Waals surface area contributed by atoms with Gasteiger partial charge in [0.05, 0.1) is 0 Å². The van der Waals surface area contributed by atoms with Gasteiger partial charge >= 0.3 is 6.09 Å². The summed E-state index contributed by atoms with van der Waals surface area (Å²) in [5, 5.41) is 0. The number of amides is 1. The summed E-state index contributed by atoms with van der Waals surface area (Å²) in [7, 11) is 0. The molecule has 1 amide bonds. The summed E-state index contributed by atoms with van der Waals surface area (Å²) in [5.41, 5.74) is 2.24. The largest absolute Gasteiger partial charge is 0.445 e. The summed E-state index contributed by atoms with van der Waals surface area (Å²) >= 11 is 0. The second-order valence-corrected chi connectivity index (χ2v) is 6.91. The van der Waals surface area contributed by atoms with Crippen molar-refractivity contribution >= 4 is 6.09 Å². The Kier molecular flexibility index (Phi) is 5.44. The summed E-state index contributed by atoms with van der Waals surface area (Å²) in [5.74, 6) is 0.861. The summed E-state index contributed by atoms with van der Waals surface area (Å²) in [6.45, 7) is 10.6. The van der Waals surface area contributed by atoms with Crippen LogP contribution in [0, 0.1) is 11.8 Å². The molecule has 2 atom stereocenters. The average Bonchev–Trinajstić information content (AvgIpc) is 3.29. The van der Waals surface area contributed by atoms with Crippen molar-refractivity contribution in [1.29, 1.82) is 0 Å². The Morgan fingerprint density at radius 1 is 1.17 bits per heavy atom. The Labute approximate surface area is 145 Å². The lowest BCUT2D eigenvalue weighted by Gasteiger charge is -2.28. The smallest absolute Gasteiger partial charge is 0.410 e. The molecule has 0 unspecified atom stereocenters. The van der Waals surface area contributed by atoms with Crippen LogP contribution in [0.25, 0.3) is 0 Å². The number of ether oxygens (including phenoxy) is 1. The van der Waals surface area contributed by atoms with E-state index in [2.05, 4.69) is 18.4 Å². The van der Waals surface area contributed by atoms with Gasteiger partial charge in [0, 0.05) is 37.8 Å². The third-order valence-electron chi connectivity index (χ3n) is 5.37. The zero-order valence-electron chi connectivity index (χ0n) is 14.6. The fraction of sp³-hybridized carbons (Fsp3) is 0.550. The van der Waals surface area contributed by atoms with Gasteiger partial charge in [-0.3, -0.25) is 0 Å². The first-order valence-electron chi connectivity index (χ1n) is 9.08. The molecule has 0 aromatic heterocycles. The van der Waals surface area contributed by atoms with Crippen molar-refractivity contribution < 1.29 is 9.53 Å². The minimum atomic E-state index is -0.200. The molecule has 1 aromatic carbocycles. The monoisotopic (exact) mass is 328 g/mol. The van der Waals surface area contributed by atoms with E-state index < -0.39 is 0 Å². The SMILES string of the molecule is C=C([C@H]1CN(C(=O)OCc2ccccc2)C[C@H]1CC)N1CCCC1. The zero-order valence-corrected chi connectivity index (χ0v) is 14.6. The summed E-state index contributed by atoms with van der Waals surface area (Å²) in [6, 6.07) is 9.84. The van der Waals surface area contributed by atoms with Gasteiger partial charge in [-0.1, -0.05) is 50.3 Å². The summed E-state index contributed by atoms with van der Waals surface area (Å²) in [6.07, 6.45) is 3.38. The highest BCUT2D eigenvalue weighted by molar-refractivity contribution is 5.68. The van der Waals surface area contributed by atoms with Crippen LogP contribution in [-0.4, -0.2) is 42.1 Å². The molecule has 4 nitrogen and oxygen atoms in total. The molecule has 0 aliphatic carbocycles. The van der Waals surface area contributed by atoms with Crippen molar-refractivity contribution in [2.24, 2.45) is 11.8 Å². The number of nitrogens with zero attached hydrogens (tertiary/aromatic N) is 2. The topological polar surface area (TPSA) is 32.8 Å². The molecule has 2 fully saturated rings. The number of hydrogen-bond donors (Lipinski definition) is 0. The van der Waals surface area contributed by atoms with E-state index in [4.69, 9.17) is 4.74 Å². The maximum Gasteiger partial charge on any atom is 0.410 e. The van der Waals surface area contributed by atoms with Gasteiger partial charge in [-0.25, -0.2) is 4.79 Å². The normalized spacial score (nSPS) is 23.5. The first-order chi connectivity index (χ1) is 11.7. The molecule has 0 spiro atoms. The predicted molar refractivity (Wildman–Crippen MR) is 95.4 cm³/mol. The van der Waals surface area contributed by atoms with Crippen molar-refractivity contribution in [3.8, 4) is 0 Å². The maximum absolute atomic E-state index is 12.4. The number of carbonyl (C=O) groups is 1. The van der Waals surface area contributed by atoms with Crippen LogP contribution in [0.3, 0.4) is 0 Å². The van der Waals surface area contributed by atoms with E-state index in [0.29, 0.717) is 18.4 Å². The van der Waals surface area contributed by atoms with E-state index >= 15 is 0 Å². The lowest BCUT2D eigenvalue weighted by atomic mass is 9.91. The van der Waals surface area contributed by atoms with E-state index in [1.165, 1.54) is 18.5 Å². The Bertz CT molecular complexity index is 566. The number of carbonyl (C=O) groups excluding carboxylic acids is 1. The van der Waals surface area contributed by atoms with Crippen molar-refractivity contribution in [3.05, 3.63) is 48.2 Å². The summed E-state index contributed by atoms with van der Waals surface area (Å²) < 4.78 is 5.50. The minimum Gasteiger partial charge on any atom is -0.445 e. The quantitative estimate of drug-likeness (QED) is 0.822. The highest BCUT2D eigenvalue weighted by Gasteiger charge is 2.38. The van der Waals surface area contributed by atoms with Crippen LogP contribution in [0.2, 0.25) is 0 Å². The van der Waals surface area contributed by atoms with Crippen LogP contribution in [0.4, 0.5) is 4.79 Å². The number of likely N-dealkylation sites (tertiary alicyclic amines) is 2. The Morgan fingerprint density at radius 3 is 2.54 bits per heavy atom. The van der Waals surface area contributed by atoms with E-state index in [9.17, 15) is 4.79 Å². The second-order valence-electron chi connectivity index (χ2n) is 6.91. The lowest BCUT2D eigenvalue weighted by Crippen LogP contribution is -2.31. The van der Waals surface area contributed by atoms with Gasteiger partial charge in [-0.15, -0.1) is 0 Å². The van der Waals surface area contributed by atoms with Crippen molar-refractivity contribution in [2.75, 3.05) is 26.2 Å². The molecule has 24 heavy (non-hydrogen) atoms. The standard InChI is InChI=1S/C20H28N2O2/c1-3-18-13-22(14-19(18)16(2)21-11-7-8-12-21)20(23)24-15-17-9-5-4-6-10-17/h4-6,9-10,18-19H,2-3,7-8,11-15H2,1H3/t18-,19-/m1/s1. The molecule has 1 aromatic rings. The highest BCUT2D eigenvalue weighted by atomic mass is 16.6. The fourth-order valence-corrected chi connectivity index (χ4v) is 3.86. The predicted octanol–water partition coefficient (Wildman–Crippen LogP) is 3.89. The van der Waals surface area contributed by atoms with E-state index in [0.717, 1.165) is 38.2 Å². The van der Waals surface area contributed by atoms with Gasteiger partial charge in [0.25, 0.3) is 0 Å². The van der Waals surface area contributed by atoms with Gasteiger partial charge in [-0.05, 0) is 24.3 Å². The molecule has 0 saturated carbocycles. The fourth-order valence-electron chi connectivity index (χ4n) is 3.86. The Morgan fingerprint density at radius 2 is 1.88 bits per heavy atom. The molecule has 130 valence electrons. The maximum atomic E-state index is 12.4. The number of hydrogen-bond acceptors (Lipinski definition) is 3. The minimum absolute atomic E-state index is 0.200. The molecule has 2 heterocycles. The molecular weight excluding hydrogens is 300 g/mol. The first-order valence-corrected chi connectivity index (χ1v) is 9.08. The Hall–Kier alpha value is -1.97. The van der Waals surface area contributed by atoms with E-state index in [1.807, 2.05) is 35.2 Å². The number of rotatable bonds is 5. The number of benzene rings is 1. The zero-order chi connectivity index (χ0) is 16.9. The van der Waals surface area contributed by atoms with E-state index in [1.54, 1.807) is 0 Å². The van der Waals surface area contributed by atoms with Crippen LogP contribution in [-0.2, 0) is 11.3 Å². The van der Waals surface area contributed by atoms with E-state index in [-0.39, 0.29) is 6.09 Å². The van der Waals surface area contributed by atoms with Crippen LogP contribution in [0.15, 0.2) is 42.6 Å². The van der Waals surface area contributed by atoms with Crippen LogP contribution >= 0.6 is 0 Å². The van der Waals surface area contributed by atoms with Crippen LogP contribution < -0.4 is 0 Å². The first kappa shape index (κ1) is 16.9. The van der Waals surface area contributed by atoms with Crippen molar-refractivity contribution in [3.63, 3.8) is 0 Å². The second kappa shape index (κ2) is 7.73. The molecule has 3 rings (SSSR count). The van der Waals surface area contributed by atoms with Gasteiger partial charge in [-0.2, -0.15) is 0 Å². The van der Waals surface area contributed by atoms with Gasteiger partial charge in [0.1, 0.15) is 6.61 Å².